The van der Waals surface area contributed by atoms with Crippen molar-refractivity contribution in [2.24, 2.45) is 0 Å². The zero-order valence-electron chi connectivity index (χ0n) is 26.2. The van der Waals surface area contributed by atoms with E-state index in [1.54, 1.807) is 48.5 Å². The van der Waals surface area contributed by atoms with Gasteiger partial charge in [0.15, 0.2) is 0 Å². The number of carboxylic acids is 1. The number of halogens is 3. The molecule has 4 aromatic rings. The number of hydrogen-bond donors (Lipinski definition) is 5. The average Bonchev–Trinajstić information content (AvgIpc) is 3.49. The molecule has 0 spiro atoms. The molecule has 1 aliphatic rings. The van der Waals surface area contributed by atoms with E-state index in [1.165, 1.54) is 36.4 Å². The van der Waals surface area contributed by atoms with Crippen LogP contribution in [0.4, 0.5) is 18.9 Å². The highest BCUT2D eigenvalue weighted by Crippen LogP contribution is 2.38. The molecule has 14 heteroatoms. The molecule has 0 aromatic heterocycles. The number of rotatable bonds is 12. The Kier molecular flexibility index (Phi) is 12.5. The third kappa shape index (κ3) is 9.66. The Morgan fingerprint density at radius 1 is 0.816 bits per heavy atom. The molecule has 0 radical (unpaired) electrons. The number of benzene rings is 4. The molecule has 5 rings (SSSR count). The number of carboxylic acid groups (broad SMARTS) is 1. The van der Waals surface area contributed by atoms with Crippen molar-refractivity contribution < 1.29 is 46.5 Å². The number of nitrogens with zero attached hydrogens (tertiary/aromatic N) is 1. The lowest BCUT2D eigenvalue weighted by molar-refractivity contribution is -0.138. The van der Waals surface area contributed by atoms with E-state index in [0.717, 1.165) is 16.4 Å². The zero-order chi connectivity index (χ0) is 35.6. The summed E-state index contributed by atoms with van der Waals surface area (Å²) in [7, 11) is -4.24. The number of aliphatic hydroxyl groups is 2. The van der Waals surface area contributed by atoms with Crippen LogP contribution in [0.1, 0.15) is 22.3 Å². The molecule has 260 valence electrons. The summed E-state index contributed by atoms with van der Waals surface area (Å²) in [5.41, 5.74) is 2.26. The van der Waals surface area contributed by atoms with Crippen molar-refractivity contribution >= 4 is 27.6 Å². The van der Waals surface area contributed by atoms with Crippen molar-refractivity contribution in [3.63, 3.8) is 0 Å². The Morgan fingerprint density at radius 3 is 2.06 bits per heavy atom. The summed E-state index contributed by atoms with van der Waals surface area (Å²) in [5, 5.41) is 30.8. The van der Waals surface area contributed by atoms with Gasteiger partial charge in [-0.25, -0.2) is 8.42 Å². The second-order valence-electron chi connectivity index (χ2n) is 11.1. The second-order valence-corrected chi connectivity index (χ2v) is 12.9. The van der Waals surface area contributed by atoms with E-state index < -0.39 is 39.7 Å². The molecule has 0 unspecified atom stereocenters. The van der Waals surface area contributed by atoms with Crippen LogP contribution in [0.2, 0.25) is 0 Å². The van der Waals surface area contributed by atoms with E-state index >= 15 is 0 Å². The van der Waals surface area contributed by atoms with Crippen molar-refractivity contribution in [3.05, 3.63) is 119 Å². The smallest absolute Gasteiger partial charge is 0.416 e. The SMILES string of the molecule is O=C(O)Cc1ccc(CNC(=O)[C@@H]2Cc3ccccc3N2S(=O)(=O)c2ccc(-c3cccc(C(F)(F)F)c3)cc2)cc1.OCCNCCO. The number of alkyl halides is 3. The van der Waals surface area contributed by atoms with Crippen molar-refractivity contribution in [1.82, 2.24) is 10.6 Å². The van der Waals surface area contributed by atoms with Crippen molar-refractivity contribution in [1.29, 1.82) is 0 Å². The third-order valence-electron chi connectivity index (χ3n) is 7.58. The molecule has 1 atom stereocenters. The van der Waals surface area contributed by atoms with Crippen LogP contribution < -0.4 is 14.9 Å². The minimum Gasteiger partial charge on any atom is -0.481 e. The first-order chi connectivity index (χ1) is 23.3. The normalized spacial score (nSPS) is 14.1. The number of anilines is 1. The summed E-state index contributed by atoms with van der Waals surface area (Å²) in [4.78, 5) is 24.1. The Hall–Kier alpha value is -4.76. The summed E-state index contributed by atoms with van der Waals surface area (Å²) in [6.45, 7) is 1.53. The standard InChI is InChI=1S/C31H25F3N2O5S.C4H11NO2/c32-31(33,34)25-6-3-5-23(17-25)22-12-14-26(15-13-22)42(40,41)36-27-7-2-1-4-24(27)18-28(36)30(39)35-19-21-10-8-20(9-11-21)16-29(37)38;6-3-1-5-2-4-7/h1-15,17,28H,16,18-19H2,(H,35,39)(H,37,38);5-7H,1-4H2/t28-;/m0./s1. The lowest BCUT2D eigenvalue weighted by atomic mass is 10.0. The molecule has 0 aliphatic carbocycles. The Bertz CT molecular complexity index is 1830. The first-order valence-corrected chi connectivity index (χ1v) is 16.7. The predicted octanol–water partition coefficient (Wildman–Crippen LogP) is 4.00. The van der Waals surface area contributed by atoms with Crippen LogP contribution in [0.3, 0.4) is 0 Å². The van der Waals surface area contributed by atoms with Crippen LogP contribution >= 0.6 is 0 Å². The van der Waals surface area contributed by atoms with Gasteiger partial charge < -0.3 is 26.0 Å². The topological polar surface area (TPSA) is 156 Å². The molecule has 0 fully saturated rings. The highest BCUT2D eigenvalue weighted by Gasteiger charge is 2.42. The molecule has 0 bridgehead atoms. The van der Waals surface area contributed by atoms with Gasteiger partial charge >= 0.3 is 12.1 Å². The Balaban J connectivity index is 0.000000698. The second kappa shape index (κ2) is 16.6. The van der Waals surface area contributed by atoms with Crippen molar-refractivity contribution in [3.8, 4) is 11.1 Å². The Labute approximate surface area is 281 Å². The summed E-state index contributed by atoms with van der Waals surface area (Å²) in [6.07, 6.45) is -4.48. The van der Waals surface area contributed by atoms with E-state index in [9.17, 15) is 31.2 Å². The first-order valence-electron chi connectivity index (χ1n) is 15.2. The van der Waals surface area contributed by atoms with Crippen LogP contribution in [-0.2, 0) is 45.2 Å². The Morgan fingerprint density at radius 2 is 1.45 bits per heavy atom. The molecule has 4 aromatic carbocycles. The number of sulfonamides is 1. The van der Waals surface area contributed by atoms with Gasteiger partial charge in [0, 0.05) is 26.1 Å². The minimum atomic E-state index is -4.51. The number of para-hydroxylation sites is 1. The fourth-order valence-corrected chi connectivity index (χ4v) is 6.85. The first kappa shape index (κ1) is 37.1. The van der Waals surface area contributed by atoms with E-state index in [2.05, 4.69) is 10.6 Å². The fraction of sp³-hybridized carbons (Fsp3) is 0.257. The number of hydrogen-bond acceptors (Lipinski definition) is 7. The molecule has 10 nitrogen and oxygen atoms in total. The molecular formula is C35H36F3N3O7S. The van der Waals surface area contributed by atoms with Gasteiger partial charge in [-0.2, -0.15) is 13.2 Å². The van der Waals surface area contributed by atoms with Gasteiger partial charge in [-0.05, 0) is 58.1 Å². The van der Waals surface area contributed by atoms with E-state index in [4.69, 9.17) is 15.3 Å². The summed E-state index contributed by atoms with van der Waals surface area (Å²) in [6, 6.07) is 22.7. The van der Waals surface area contributed by atoms with Crippen LogP contribution in [0.15, 0.2) is 102 Å². The van der Waals surface area contributed by atoms with E-state index in [0.29, 0.717) is 41.0 Å². The largest absolute Gasteiger partial charge is 0.481 e. The zero-order valence-corrected chi connectivity index (χ0v) is 27.0. The number of aliphatic hydroxyl groups excluding tert-OH is 2. The molecule has 5 N–H and O–H groups in total. The number of fused-ring (bicyclic) bond motifs is 1. The van der Waals surface area contributed by atoms with Crippen LogP contribution in [-0.4, -0.2) is 68.0 Å². The maximum absolute atomic E-state index is 13.9. The van der Waals surface area contributed by atoms with E-state index in [-0.39, 0.29) is 43.1 Å². The van der Waals surface area contributed by atoms with Gasteiger partial charge in [0.2, 0.25) is 5.91 Å². The predicted molar refractivity (Wildman–Crippen MR) is 177 cm³/mol. The van der Waals surface area contributed by atoms with Gasteiger partial charge in [0.25, 0.3) is 10.0 Å². The molecule has 1 amide bonds. The molecule has 0 saturated carbocycles. The van der Waals surface area contributed by atoms with Crippen molar-refractivity contribution in [2.45, 2.75) is 36.5 Å². The van der Waals surface area contributed by atoms with Crippen molar-refractivity contribution in [2.75, 3.05) is 30.6 Å². The maximum atomic E-state index is 13.9. The van der Waals surface area contributed by atoms with Gasteiger partial charge in [-0.15, -0.1) is 0 Å². The number of carbonyl (C=O) groups is 2. The molecule has 0 saturated heterocycles. The lowest BCUT2D eigenvalue weighted by Crippen LogP contribution is -2.47. The van der Waals surface area contributed by atoms with Gasteiger partial charge in [-0.1, -0.05) is 66.7 Å². The number of nitrogens with one attached hydrogen (secondary N) is 2. The number of amides is 1. The van der Waals surface area contributed by atoms with Crippen LogP contribution in [0, 0.1) is 0 Å². The molecular weight excluding hydrogens is 663 g/mol. The third-order valence-corrected chi connectivity index (χ3v) is 9.42. The van der Waals surface area contributed by atoms with Gasteiger partial charge in [-0.3, -0.25) is 13.9 Å². The molecule has 1 aliphatic heterocycles. The molecule has 49 heavy (non-hydrogen) atoms. The fourth-order valence-electron chi connectivity index (χ4n) is 5.20. The summed E-state index contributed by atoms with van der Waals surface area (Å²) >= 11 is 0. The summed E-state index contributed by atoms with van der Waals surface area (Å²) < 4.78 is 68.4. The molecule has 1 heterocycles. The number of carbonyl (C=O) groups excluding carboxylic acids is 1. The van der Waals surface area contributed by atoms with Crippen LogP contribution in [0.5, 0.6) is 0 Å². The lowest BCUT2D eigenvalue weighted by Gasteiger charge is -2.26. The van der Waals surface area contributed by atoms with Gasteiger partial charge in [0.1, 0.15) is 6.04 Å². The highest BCUT2D eigenvalue weighted by molar-refractivity contribution is 7.93. The number of aliphatic carboxylic acids is 1. The maximum Gasteiger partial charge on any atom is 0.416 e. The summed E-state index contributed by atoms with van der Waals surface area (Å²) in [5.74, 6) is -1.46. The highest BCUT2D eigenvalue weighted by atomic mass is 32.2. The van der Waals surface area contributed by atoms with Crippen LogP contribution in [0.25, 0.3) is 11.1 Å². The monoisotopic (exact) mass is 699 g/mol. The van der Waals surface area contributed by atoms with E-state index in [1.807, 2.05) is 0 Å². The minimum absolute atomic E-state index is 0.109. The quantitative estimate of drug-likeness (QED) is 0.139. The average molecular weight is 700 g/mol. The van der Waals surface area contributed by atoms with Gasteiger partial charge in [0.05, 0.1) is 35.8 Å².